The van der Waals surface area contributed by atoms with Crippen LogP contribution in [0.2, 0.25) is 0 Å². The van der Waals surface area contributed by atoms with Gasteiger partial charge in [0.25, 0.3) is 0 Å². The molecule has 1 atom stereocenters. The van der Waals surface area contributed by atoms with Crippen molar-refractivity contribution in [3.05, 3.63) is 66.0 Å². The van der Waals surface area contributed by atoms with Gasteiger partial charge in [-0.05, 0) is 29.7 Å². The molecule has 1 aliphatic rings. The number of nitrogens with one attached hydrogen (secondary N) is 1. The second-order valence-electron chi connectivity index (χ2n) is 5.43. The predicted molar refractivity (Wildman–Crippen MR) is 81.5 cm³/mol. The largest absolute Gasteiger partial charge is 0.311 e. The molecule has 3 nitrogen and oxygen atoms in total. The van der Waals surface area contributed by atoms with E-state index in [1.165, 1.54) is 11.1 Å². The van der Waals surface area contributed by atoms with Gasteiger partial charge in [-0.25, -0.2) is 0 Å². The minimum absolute atomic E-state index is 0.549. The van der Waals surface area contributed by atoms with Gasteiger partial charge in [0, 0.05) is 44.6 Å². The van der Waals surface area contributed by atoms with Gasteiger partial charge >= 0.3 is 0 Å². The Bertz CT molecular complexity index is 465. The second-order valence-corrected chi connectivity index (χ2v) is 5.43. The first-order chi connectivity index (χ1) is 9.90. The molecule has 20 heavy (non-hydrogen) atoms. The third-order valence-corrected chi connectivity index (χ3v) is 3.82. The summed E-state index contributed by atoms with van der Waals surface area (Å²) in [6.07, 6.45) is 4.85. The second kappa shape index (κ2) is 6.64. The average molecular weight is 267 g/mol. The smallest absolute Gasteiger partial charge is 0.0271 e. The van der Waals surface area contributed by atoms with Crippen molar-refractivity contribution in [1.82, 2.24) is 15.2 Å². The Morgan fingerprint density at radius 3 is 2.65 bits per heavy atom. The average Bonchev–Trinajstić information content (AvgIpc) is 2.50. The van der Waals surface area contributed by atoms with Crippen molar-refractivity contribution in [2.45, 2.75) is 19.0 Å². The summed E-state index contributed by atoms with van der Waals surface area (Å²) in [4.78, 5) is 6.61. The molecule has 1 aromatic heterocycles. The molecule has 1 fully saturated rings. The van der Waals surface area contributed by atoms with E-state index >= 15 is 0 Å². The summed E-state index contributed by atoms with van der Waals surface area (Å²) in [6, 6.07) is 15.5. The van der Waals surface area contributed by atoms with Crippen LogP contribution in [0.15, 0.2) is 54.9 Å². The summed E-state index contributed by atoms with van der Waals surface area (Å²) < 4.78 is 0. The van der Waals surface area contributed by atoms with Crippen molar-refractivity contribution in [3.63, 3.8) is 0 Å². The highest BCUT2D eigenvalue weighted by molar-refractivity contribution is 5.16. The van der Waals surface area contributed by atoms with Gasteiger partial charge in [-0.2, -0.15) is 0 Å². The van der Waals surface area contributed by atoms with Gasteiger partial charge in [0.2, 0.25) is 0 Å². The fraction of sp³-hybridized carbons (Fsp3) is 0.353. The molecule has 3 heteroatoms. The minimum atomic E-state index is 0.549. The van der Waals surface area contributed by atoms with Crippen molar-refractivity contribution in [1.29, 1.82) is 0 Å². The molecule has 2 heterocycles. The Morgan fingerprint density at radius 2 is 1.85 bits per heavy atom. The number of hydrogen-bond donors (Lipinski definition) is 1. The normalized spacial score (nSPS) is 19.9. The zero-order chi connectivity index (χ0) is 13.6. The number of hydrogen-bond acceptors (Lipinski definition) is 3. The van der Waals surface area contributed by atoms with Crippen molar-refractivity contribution in [2.24, 2.45) is 0 Å². The topological polar surface area (TPSA) is 28.2 Å². The lowest BCUT2D eigenvalue weighted by molar-refractivity contribution is 0.192. The van der Waals surface area contributed by atoms with E-state index in [-0.39, 0.29) is 0 Å². The molecular weight excluding hydrogens is 246 g/mol. The monoisotopic (exact) mass is 267 g/mol. The first-order valence-corrected chi connectivity index (χ1v) is 7.29. The fourth-order valence-corrected chi connectivity index (χ4v) is 2.82. The third-order valence-electron chi connectivity index (χ3n) is 3.82. The molecule has 1 unspecified atom stereocenters. The number of benzene rings is 1. The van der Waals surface area contributed by atoms with Crippen molar-refractivity contribution in [2.75, 3.05) is 19.6 Å². The fourth-order valence-electron chi connectivity index (χ4n) is 2.82. The van der Waals surface area contributed by atoms with Gasteiger partial charge in [-0.3, -0.25) is 9.88 Å². The number of aromatic nitrogens is 1. The highest BCUT2D eigenvalue weighted by Gasteiger charge is 2.19. The predicted octanol–water partition coefficient (Wildman–Crippen LogP) is 2.10. The zero-order valence-corrected chi connectivity index (χ0v) is 11.7. The van der Waals surface area contributed by atoms with Crippen LogP contribution in [0.25, 0.3) is 0 Å². The summed E-state index contributed by atoms with van der Waals surface area (Å²) >= 11 is 0. The summed E-state index contributed by atoms with van der Waals surface area (Å²) in [5.74, 6) is 0. The van der Waals surface area contributed by atoms with Gasteiger partial charge in [-0.1, -0.05) is 30.3 Å². The molecule has 1 N–H and O–H groups in total. The summed E-state index contributed by atoms with van der Waals surface area (Å²) in [7, 11) is 0. The Kier molecular flexibility index (Phi) is 4.41. The molecular formula is C17H21N3. The van der Waals surface area contributed by atoms with E-state index < -0.39 is 0 Å². The Morgan fingerprint density at radius 1 is 1.05 bits per heavy atom. The maximum absolute atomic E-state index is 4.08. The summed E-state index contributed by atoms with van der Waals surface area (Å²) in [5, 5.41) is 3.63. The van der Waals surface area contributed by atoms with Crippen molar-refractivity contribution < 1.29 is 0 Å². The van der Waals surface area contributed by atoms with E-state index in [2.05, 4.69) is 57.7 Å². The van der Waals surface area contributed by atoms with Crippen LogP contribution >= 0.6 is 0 Å². The van der Waals surface area contributed by atoms with Crippen molar-refractivity contribution in [3.8, 4) is 0 Å². The van der Waals surface area contributed by atoms with Gasteiger partial charge in [0.1, 0.15) is 0 Å². The molecule has 0 radical (unpaired) electrons. The number of nitrogens with zero attached hydrogens (tertiary/aromatic N) is 2. The first kappa shape index (κ1) is 13.3. The van der Waals surface area contributed by atoms with E-state index in [0.29, 0.717) is 6.04 Å². The van der Waals surface area contributed by atoms with Crippen LogP contribution in [0.4, 0.5) is 0 Å². The lowest BCUT2D eigenvalue weighted by atomic mass is 10.0. The maximum Gasteiger partial charge on any atom is 0.0271 e. The van der Waals surface area contributed by atoms with Crippen LogP contribution in [0.3, 0.4) is 0 Å². The molecule has 1 saturated heterocycles. The Hall–Kier alpha value is -1.71. The van der Waals surface area contributed by atoms with Crippen LogP contribution in [0.5, 0.6) is 0 Å². The Labute approximate surface area is 120 Å². The lowest BCUT2D eigenvalue weighted by Gasteiger charge is -2.33. The molecule has 0 saturated carbocycles. The lowest BCUT2D eigenvalue weighted by Crippen LogP contribution is -2.51. The molecule has 0 amide bonds. The number of piperazine rings is 1. The van der Waals surface area contributed by atoms with E-state index in [1.54, 1.807) is 0 Å². The molecule has 2 aromatic rings. The van der Waals surface area contributed by atoms with Gasteiger partial charge in [-0.15, -0.1) is 0 Å². The molecule has 0 spiro atoms. The highest BCUT2D eigenvalue weighted by Crippen LogP contribution is 2.10. The number of pyridine rings is 1. The first-order valence-electron chi connectivity index (χ1n) is 7.29. The summed E-state index contributed by atoms with van der Waals surface area (Å²) in [5.41, 5.74) is 2.76. The van der Waals surface area contributed by atoms with Crippen LogP contribution < -0.4 is 5.32 Å². The molecule has 0 bridgehead atoms. The maximum atomic E-state index is 4.08. The number of rotatable bonds is 4. The van der Waals surface area contributed by atoms with E-state index in [1.807, 2.05) is 12.4 Å². The van der Waals surface area contributed by atoms with Crippen molar-refractivity contribution >= 4 is 0 Å². The van der Waals surface area contributed by atoms with Crippen LogP contribution in [-0.2, 0) is 13.0 Å². The van der Waals surface area contributed by atoms with Crippen LogP contribution in [-0.4, -0.2) is 35.6 Å². The van der Waals surface area contributed by atoms with E-state index in [0.717, 1.165) is 32.6 Å². The molecule has 3 rings (SSSR count). The zero-order valence-electron chi connectivity index (χ0n) is 11.7. The van der Waals surface area contributed by atoms with Gasteiger partial charge in [0.05, 0.1) is 0 Å². The molecule has 104 valence electrons. The third kappa shape index (κ3) is 3.65. The standard InChI is InChI=1S/C17H21N3/c1-2-4-15(5-3-1)12-17-14-20(11-10-19-17)13-16-6-8-18-9-7-16/h1-9,17,19H,10-14H2. The van der Waals surface area contributed by atoms with Crippen LogP contribution in [0, 0.1) is 0 Å². The van der Waals surface area contributed by atoms with Gasteiger partial charge < -0.3 is 5.32 Å². The van der Waals surface area contributed by atoms with E-state index in [9.17, 15) is 0 Å². The molecule has 0 aliphatic carbocycles. The van der Waals surface area contributed by atoms with Crippen LogP contribution in [0.1, 0.15) is 11.1 Å². The Balaban J connectivity index is 1.57. The minimum Gasteiger partial charge on any atom is -0.311 e. The summed E-state index contributed by atoms with van der Waals surface area (Å²) in [6.45, 7) is 4.32. The highest BCUT2D eigenvalue weighted by atomic mass is 15.2. The van der Waals surface area contributed by atoms with E-state index in [4.69, 9.17) is 0 Å². The van der Waals surface area contributed by atoms with Gasteiger partial charge in [0.15, 0.2) is 0 Å². The SMILES string of the molecule is c1ccc(CC2CN(Cc3ccncc3)CCN2)cc1. The molecule has 1 aromatic carbocycles. The molecule has 1 aliphatic heterocycles. The quantitative estimate of drug-likeness (QED) is 0.919.